The fourth-order valence-corrected chi connectivity index (χ4v) is 1.56. The van der Waals surface area contributed by atoms with Gasteiger partial charge in [0.15, 0.2) is 0 Å². The third-order valence-electron chi connectivity index (χ3n) is 2.46. The molecule has 0 spiro atoms. The highest BCUT2D eigenvalue weighted by Gasteiger charge is 1.95. The van der Waals surface area contributed by atoms with Gasteiger partial charge in [0.2, 0.25) is 0 Å². The van der Waals surface area contributed by atoms with Gasteiger partial charge in [0.05, 0.1) is 0 Å². The highest BCUT2D eigenvalue weighted by Crippen LogP contribution is 2.11. The molecule has 0 aliphatic carbocycles. The number of benzene rings is 1. The van der Waals surface area contributed by atoms with Gasteiger partial charge < -0.3 is 0 Å². The lowest BCUT2D eigenvalue weighted by atomic mass is 10.0. The molecule has 0 nitrogen and oxygen atoms in total. The summed E-state index contributed by atoms with van der Waals surface area (Å²) >= 11 is 0. The molecule has 0 amide bonds. The zero-order valence-electron chi connectivity index (χ0n) is 8.55. The van der Waals surface area contributed by atoms with Gasteiger partial charge in [0, 0.05) is 0 Å². The molecule has 1 aromatic rings. The monoisotopic (exact) mass is 175 g/mol. The smallest absolute Gasteiger partial charge is 0.0276 e. The minimum atomic E-state index is 1.08. The van der Waals surface area contributed by atoms with Crippen molar-refractivity contribution in [3.63, 3.8) is 0 Å². The predicted molar refractivity (Wildman–Crippen MR) is 58.7 cm³/mol. The van der Waals surface area contributed by atoms with E-state index in [9.17, 15) is 0 Å². The first-order valence-corrected chi connectivity index (χ1v) is 5.18. The summed E-state index contributed by atoms with van der Waals surface area (Å²) in [5, 5.41) is 0. The topological polar surface area (TPSA) is 0 Å². The molecule has 0 heteroatoms. The van der Waals surface area contributed by atoms with Gasteiger partial charge in [-0.25, -0.2) is 0 Å². The van der Waals surface area contributed by atoms with Crippen molar-refractivity contribution >= 4 is 0 Å². The Hall–Kier alpha value is -0.780. The summed E-state index contributed by atoms with van der Waals surface area (Å²) < 4.78 is 0. The van der Waals surface area contributed by atoms with E-state index in [-0.39, 0.29) is 0 Å². The Labute approximate surface area is 82.0 Å². The summed E-state index contributed by atoms with van der Waals surface area (Å²) in [6.07, 6.45) is 6.20. The van der Waals surface area contributed by atoms with E-state index in [2.05, 4.69) is 38.1 Å². The SMILES string of the molecule is [CH2]CCCCCc1ccccc1C. The fraction of sp³-hybridized carbons (Fsp3) is 0.462. The van der Waals surface area contributed by atoms with E-state index < -0.39 is 0 Å². The summed E-state index contributed by atoms with van der Waals surface area (Å²) in [7, 11) is 0. The lowest BCUT2D eigenvalue weighted by Crippen LogP contribution is -1.89. The first-order valence-electron chi connectivity index (χ1n) is 5.18. The number of aryl methyl sites for hydroxylation is 2. The van der Waals surface area contributed by atoms with Gasteiger partial charge in [-0.15, -0.1) is 0 Å². The van der Waals surface area contributed by atoms with E-state index in [1.807, 2.05) is 0 Å². The quantitative estimate of drug-likeness (QED) is 0.595. The molecule has 0 saturated heterocycles. The van der Waals surface area contributed by atoms with E-state index in [1.165, 1.54) is 36.8 Å². The van der Waals surface area contributed by atoms with Crippen molar-refractivity contribution in [3.8, 4) is 0 Å². The molecule has 0 fully saturated rings. The van der Waals surface area contributed by atoms with Crippen LogP contribution in [-0.4, -0.2) is 0 Å². The van der Waals surface area contributed by atoms with Crippen molar-refractivity contribution in [2.45, 2.75) is 39.0 Å². The van der Waals surface area contributed by atoms with Crippen LogP contribution in [0, 0.1) is 13.8 Å². The second-order valence-corrected chi connectivity index (χ2v) is 3.59. The standard InChI is InChI=1S/C13H19/c1-3-4-5-6-10-13-11-8-7-9-12(13)2/h7-9,11H,1,3-6,10H2,2H3. The van der Waals surface area contributed by atoms with Gasteiger partial charge in [-0.2, -0.15) is 0 Å². The molecule has 1 radical (unpaired) electrons. The lowest BCUT2D eigenvalue weighted by Gasteiger charge is -2.04. The second kappa shape index (κ2) is 5.80. The Kier molecular flexibility index (Phi) is 4.59. The van der Waals surface area contributed by atoms with E-state index in [0.29, 0.717) is 0 Å². The number of unbranched alkanes of at least 4 members (excludes halogenated alkanes) is 3. The van der Waals surface area contributed by atoms with Crippen LogP contribution < -0.4 is 0 Å². The third-order valence-corrected chi connectivity index (χ3v) is 2.46. The summed E-state index contributed by atoms with van der Waals surface area (Å²) in [6.45, 7) is 6.04. The van der Waals surface area contributed by atoms with Crippen LogP contribution in [-0.2, 0) is 6.42 Å². The van der Waals surface area contributed by atoms with Gasteiger partial charge >= 0.3 is 0 Å². The van der Waals surface area contributed by atoms with Crippen molar-refractivity contribution < 1.29 is 0 Å². The zero-order chi connectivity index (χ0) is 9.52. The van der Waals surface area contributed by atoms with Gasteiger partial charge in [0.25, 0.3) is 0 Å². The second-order valence-electron chi connectivity index (χ2n) is 3.59. The van der Waals surface area contributed by atoms with Crippen LogP contribution in [0.3, 0.4) is 0 Å². The lowest BCUT2D eigenvalue weighted by molar-refractivity contribution is 0.684. The number of hydrogen-bond acceptors (Lipinski definition) is 0. The van der Waals surface area contributed by atoms with E-state index in [0.717, 1.165) is 6.42 Å². The molecule has 1 rings (SSSR count). The van der Waals surface area contributed by atoms with Crippen molar-refractivity contribution in [3.05, 3.63) is 42.3 Å². The van der Waals surface area contributed by atoms with Crippen LogP contribution in [0.2, 0.25) is 0 Å². The van der Waals surface area contributed by atoms with Crippen LogP contribution in [0.15, 0.2) is 24.3 Å². The van der Waals surface area contributed by atoms with Crippen molar-refractivity contribution in [2.24, 2.45) is 0 Å². The largest absolute Gasteiger partial charge is 0.0620 e. The average Bonchev–Trinajstić information content (AvgIpc) is 2.15. The molecule has 0 N–H and O–H groups in total. The third kappa shape index (κ3) is 3.63. The van der Waals surface area contributed by atoms with E-state index >= 15 is 0 Å². The molecule has 13 heavy (non-hydrogen) atoms. The summed E-state index contributed by atoms with van der Waals surface area (Å²) in [6, 6.07) is 8.66. The van der Waals surface area contributed by atoms with Gasteiger partial charge in [-0.05, 0) is 30.9 Å². The van der Waals surface area contributed by atoms with Crippen LogP contribution >= 0.6 is 0 Å². The van der Waals surface area contributed by atoms with E-state index in [1.54, 1.807) is 0 Å². The zero-order valence-corrected chi connectivity index (χ0v) is 8.55. The molecule has 0 saturated carbocycles. The summed E-state index contributed by atoms with van der Waals surface area (Å²) in [5.41, 5.74) is 2.93. The molecule has 0 aliphatic heterocycles. The maximum atomic E-state index is 3.85. The van der Waals surface area contributed by atoms with Crippen molar-refractivity contribution in [1.29, 1.82) is 0 Å². The maximum absolute atomic E-state index is 3.85. The molecule has 0 bridgehead atoms. The molecule has 1 aromatic carbocycles. The molecule has 0 aromatic heterocycles. The maximum Gasteiger partial charge on any atom is -0.0276 e. The van der Waals surface area contributed by atoms with Gasteiger partial charge in [0.1, 0.15) is 0 Å². The predicted octanol–water partition coefficient (Wildman–Crippen LogP) is 3.93. The normalized spacial score (nSPS) is 10.3. The first-order chi connectivity index (χ1) is 6.34. The molecular formula is C13H19. The van der Waals surface area contributed by atoms with E-state index in [4.69, 9.17) is 0 Å². The van der Waals surface area contributed by atoms with Crippen molar-refractivity contribution in [1.82, 2.24) is 0 Å². The minimum Gasteiger partial charge on any atom is -0.0620 e. The Bertz CT molecular complexity index is 238. The fourth-order valence-electron chi connectivity index (χ4n) is 1.56. The Balaban J connectivity index is 2.32. The highest BCUT2D eigenvalue weighted by molar-refractivity contribution is 5.25. The number of rotatable bonds is 5. The van der Waals surface area contributed by atoms with Crippen LogP contribution in [0.1, 0.15) is 36.8 Å². The van der Waals surface area contributed by atoms with Gasteiger partial charge in [-0.3, -0.25) is 0 Å². The first kappa shape index (κ1) is 10.3. The molecule has 0 aliphatic rings. The summed E-state index contributed by atoms with van der Waals surface area (Å²) in [4.78, 5) is 0. The van der Waals surface area contributed by atoms with Crippen LogP contribution in [0.4, 0.5) is 0 Å². The van der Waals surface area contributed by atoms with Gasteiger partial charge in [-0.1, -0.05) is 50.5 Å². The molecule has 0 heterocycles. The Morgan fingerprint density at radius 1 is 1.08 bits per heavy atom. The summed E-state index contributed by atoms with van der Waals surface area (Å²) in [5.74, 6) is 0. The highest BCUT2D eigenvalue weighted by atomic mass is 14.0. The van der Waals surface area contributed by atoms with Crippen LogP contribution in [0.25, 0.3) is 0 Å². The average molecular weight is 175 g/mol. The minimum absolute atomic E-state index is 1.08. The molecule has 0 unspecified atom stereocenters. The molecular weight excluding hydrogens is 156 g/mol. The number of hydrogen-bond donors (Lipinski definition) is 0. The van der Waals surface area contributed by atoms with Crippen molar-refractivity contribution in [2.75, 3.05) is 0 Å². The Morgan fingerprint density at radius 3 is 2.54 bits per heavy atom. The Morgan fingerprint density at radius 2 is 1.85 bits per heavy atom. The molecule has 71 valence electrons. The molecule has 0 atom stereocenters. The van der Waals surface area contributed by atoms with Crippen LogP contribution in [0.5, 0.6) is 0 Å².